The van der Waals surface area contributed by atoms with E-state index in [2.05, 4.69) is 17.9 Å². The van der Waals surface area contributed by atoms with E-state index < -0.39 is 0 Å². The van der Waals surface area contributed by atoms with Crippen LogP contribution in [0.3, 0.4) is 0 Å². The minimum absolute atomic E-state index is 0.0458. The Morgan fingerprint density at radius 1 is 1.35 bits per heavy atom. The lowest BCUT2D eigenvalue weighted by Crippen LogP contribution is -2.39. The first-order valence-electron chi connectivity index (χ1n) is 7.49. The van der Waals surface area contributed by atoms with Crippen LogP contribution in [-0.4, -0.2) is 35.2 Å². The van der Waals surface area contributed by atoms with Crippen molar-refractivity contribution in [2.24, 2.45) is 17.6 Å². The predicted octanol–water partition coefficient (Wildman–Crippen LogP) is 2.43. The number of aliphatic hydroxyl groups is 1. The largest absolute Gasteiger partial charge is 0.393 e. The van der Waals surface area contributed by atoms with E-state index in [-0.39, 0.29) is 18.2 Å². The van der Waals surface area contributed by atoms with Gasteiger partial charge < -0.3 is 10.8 Å². The molecule has 4 heteroatoms. The summed E-state index contributed by atoms with van der Waals surface area (Å²) in [5.74, 6) is 1.06. The van der Waals surface area contributed by atoms with Crippen molar-refractivity contribution < 1.29 is 5.11 Å². The molecule has 1 aliphatic heterocycles. The fraction of sp³-hybridized carbons (Fsp3) is 0.625. The van der Waals surface area contributed by atoms with E-state index in [0.717, 1.165) is 31.0 Å². The number of nitrogens with zero attached hydrogens (tertiary/aromatic N) is 1. The van der Waals surface area contributed by atoms with Gasteiger partial charge in [0.05, 0.1) is 6.10 Å². The minimum Gasteiger partial charge on any atom is -0.393 e. The van der Waals surface area contributed by atoms with Gasteiger partial charge in [0.2, 0.25) is 0 Å². The van der Waals surface area contributed by atoms with Gasteiger partial charge in [0.1, 0.15) is 0 Å². The Labute approximate surface area is 125 Å². The normalized spacial score (nSPS) is 33.1. The fourth-order valence-corrected chi connectivity index (χ4v) is 4.23. The van der Waals surface area contributed by atoms with Gasteiger partial charge in [0.25, 0.3) is 0 Å². The monoisotopic (exact) mass is 294 g/mol. The third kappa shape index (κ3) is 2.60. The molecule has 0 spiro atoms. The molecule has 0 bridgehead atoms. The summed E-state index contributed by atoms with van der Waals surface area (Å²) in [5, 5.41) is 10.8. The summed E-state index contributed by atoms with van der Waals surface area (Å²) in [6.45, 7) is 4.04. The highest BCUT2D eigenvalue weighted by atomic mass is 35.5. The molecule has 3 rings (SSSR count). The third-order valence-corrected chi connectivity index (χ3v) is 5.16. The van der Waals surface area contributed by atoms with Gasteiger partial charge in [-0.1, -0.05) is 23.7 Å². The van der Waals surface area contributed by atoms with Crippen molar-refractivity contribution in [3.63, 3.8) is 0 Å². The number of nitrogens with two attached hydrogens (primary N) is 1. The van der Waals surface area contributed by atoms with Gasteiger partial charge >= 0.3 is 0 Å². The molecule has 0 aromatic heterocycles. The van der Waals surface area contributed by atoms with E-state index in [4.69, 9.17) is 17.3 Å². The Kier molecular flexibility index (Phi) is 4.04. The summed E-state index contributed by atoms with van der Waals surface area (Å²) < 4.78 is 0. The number of hydrogen-bond donors (Lipinski definition) is 2. The van der Waals surface area contributed by atoms with Crippen molar-refractivity contribution >= 4 is 11.6 Å². The quantitative estimate of drug-likeness (QED) is 0.900. The topological polar surface area (TPSA) is 49.5 Å². The highest BCUT2D eigenvalue weighted by Crippen LogP contribution is 2.41. The van der Waals surface area contributed by atoms with Crippen molar-refractivity contribution in [1.29, 1.82) is 0 Å². The van der Waals surface area contributed by atoms with Crippen LogP contribution in [0.5, 0.6) is 0 Å². The third-order valence-electron chi connectivity index (χ3n) is 4.93. The van der Waals surface area contributed by atoms with Crippen molar-refractivity contribution in [3.8, 4) is 0 Å². The molecule has 1 aliphatic carbocycles. The first kappa shape index (κ1) is 14.3. The molecule has 3 N–H and O–H groups in total. The molecule has 5 atom stereocenters. The number of likely N-dealkylation sites (tertiary alicyclic amines) is 1. The molecular formula is C16H23ClN2O. The molecule has 0 radical (unpaired) electrons. The Balaban J connectivity index is 1.82. The van der Waals surface area contributed by atoms with Crippen LogP contribution in [0.25, 0.3) is 0 Å². The first-order valence-corrected chi connectivity index (χ1v) is 7.87. The first-order chi connectivity index (χ1) is 9.56. The average Bonchev–Trinajstić information content (AvgIpc) is 2.92. The summed E-state index contributed by atoms with van der Waals surface area (Å²) in [7, 11) is 0. The second-order valence-electron chi connectivity index (χ2n) is 6.38. The SMILES string of the molecule is CC(N)C(c1cccc(Cl)c1)N1CC2CCC(O)C2C1. The van der Waals surface area contributed by atoms with Gasteiger partial charge in [-0.3, -0.25) is 4.90 Å². The second kappa shape index (κ2) is 5.64. The number of rotatable bonds is 3. The van der Waals surface area contributed by atoms with Crippen molar-refractivity contribution in [2.45, 2.75) is 38.0 Å². The van der Waals surface area contributed by atoms with Gasteiger partial charge in [-0.05, 0) is 43.4 Å². The molecule has 2 aliphatic rings. The molecule has 0 amide bonds. The standard InChI is InChI=1S/C16H23ClN2O/c1-10(18)16(11-3-2-4-13(17)7-11)19-8-12-5-6-15(20)14(12)9-19/h2-4,7,10,12,14-16,20H,5-6,8-9,18H2,1H3. The van der Waals surface area contributed by atoms with Gasteiger partial charge in [0.15, 0.2) is 0 Å². The van der Waals surface area contributed by atoms with Gasteiger partial charge in [-0.15, -0.1) is 0 Å². The highest BCUT2D eigenvalue weighted by molar-refractivity contribution is 6.30. The van der Waals surface area contributed by atoms with E-state index in [1.54, 1.807) is 0 Å². The van der Waals surface area contributed by atoms with Crippen LogP contribution in [0.1, 0.15) is 31.4 Å². The molecule has 2 fully saturated rings. The van der Waals surface area contributed by atoms with Crippen molar-refractivity contribution in [3.05, 3.63) is 34.9 Å². The van der Waals surface area contributed by atoms with E-state index in [1.165, 1.54) is 5.56 Å². The summed E-state index contributed by atoms with van der Waals surface area (Å²) in [4.78, 5) is 2.44. The lowest BCUT2D eigenvalue weighted by Gasteiger charge is -2.32. The van der Waals surface area contributed by atoms with Gasteiger partial charge in [0, 0.05) is 36.1 Å². The van der Waals surface area contributed by atoms with Crippen LogP contribution in [-0.2, 0) is 0 Å². The van der Waals surface area contributed by atoms with Crippen molar-refractivity contribution in [1.82, 2.24) is 4.90 Å². The van der Waals surface area contributed by atoms with Gasteiger partial charge in [-0.2, -0.15) is 0 Å². The zero-order chi connectivity index (χ0) is 14.3. The maximum atomic E-state index is 10.1. The zero-order valence-electron chi connectivity index (χ0n) is 11.9. The Hall–Kier alpha value is -0.610. The smallest absolute Gasteiger partial charge is 0.0583 e. The minimum atomic E-state index is -0.127. The van der Waals surface area contributed by atoms with E-state index >= 15 is 0 Å². The number of benzene rings is 1. The lowest BCUT2D eigenvalue weighted by atomic mass is 9.99. The number of aliphatic hydroxyl groups excluding tert-OH is 1. The van der Waals surface area contributed by atoms with Crippen LogP contribution in [0.15, 0.2) is 24.3 Å². The molecule has 3 nitrogen and oxygen atoms in total. The summed E-state index contributed by atoms with van der Waals surface area (Å²) >= 11 is 6.12. The van der Waals surface area contributed by atoms with Crippen LogP contribution in [0, 0.1) is 11.8 Å². The fourth-order valence-electron chi connectivity index (χ4n) is 4.04. The molecular weight excluding hydrogens is 272 g/mol. The van der Waals surface area contributed by atoms with E-state index in [0.29, 0.717) is 11.8 Å². The maximum Gasteiger partial charge on any atom is 0.0583 e. The molecule has 5 unspecified atom stereocenters. The average molecular weight is 295 g/mol. The molecule has 1 aromatic carbocycles. The molecule has 110 valence electrons. The molecule has 1 heterocycles. The van der Waals surface area contributed by atoms with Crippen LogP contribution in [0.2, 0.25) is 5.02 Å². The number of fused-ring (bicyclic) bond motifs is 1. The summed E-state index contributed by atoms with van der Waals surface area (Å²) in [5.41, 5.74) is 7.42. The van der Waals surface area contributed by atoms with E-state index in [1.807, 2.05) is 18.2 Å². The molecule has 20 heavy (non-hydrogen) atoms. The second-order valence-corrected chi connectivity index (χ2v) is 6.82. The van der Waals surface area contributed by atoms with Crippen LogP contribution >= 0.6 is 11.6 Å². The van der Waals surface area contributed by atoms with E-state index in [9.17, 15) is 5.11 Å². The predicted molar refractivity (Wildman–Crippen MR) is 81.6 cm³/mol. The Bertz CT molecular complexity index is 479. The molecule has 1 aromatic rings. The summed E-state index contributed by atoms with van der Waals surface area (Å²) in [6, 6.07) is 8.23. The summed E-state index contributed by atoms with van der Waals surface area (Å²) in [6.07, 6.45) is 1.98. The van der Waals surface area contributed by atoms with Gasteiger partial charge in [-0.25, -0.2) is 0 Å². The maximum absolute atomic E-state index is 10.1. The lowest BCUT2D eigenvalue weighted by molar-refractivity contribution is 0.115. The zero-order valence-corrected chi connectivity index (χ0v) is 12.6. The molecule has 1 saturated heterocycles. The van der Waals surface area contributed by atoms with Crippen LogP contribution in [0.4, 0.5) is 0 Å². The van der Waals surface area contributed by atoms with Crippen LogP contribution < -0.4 is 5.73 Å². The Morgan fingerprint density at radius 3 is 2.80 bits per heavy atom. The number of halogens is 1. The van der Waals surface area contributed by atoms with Crippen molar-refractivity contribution in [2.75, 3.05) is 13.1 Å². The highest BCUT2D eigenvalue weighted by Gasteiger charge is 2.44. The Morgan fingerprint density at radius 2 is 2.15 bits per heavy atom. The molecule has 1 saturated carbocycles. The number of hydrogen-bond acceptors (Lipinski definition) is 3.